The van der Waals surface area contributed by atoms with E-state index in [9.17, 15) is 9.18 Å². The van der Waals surface area contributed by atoms with Crippen LogP contribution in [0.15, 0.2) is 41.9 Å². The van der Waals surface area contributed by atoms with Crippen molar-refractivity contribution >= 4 is 17.2 Å². The van der Waals surface area contributed by atoms with E-state index in [1.54, 1.807) is 23.0 Å². The molecule has 1 amide bonds. The number of amides is 1. The predicted molar refractivity (Wildman–Crippen MR) is 93.2 cm³/mol. The molecule has 0 aliphatic rings. The predicted octanol–water partition coefficient (Wildman–Crippen LogP) is 4.18. The maximum atomic E-state index is 13.1. The summed E-state index contributed by atoms with van der Waals surface area (Å²) in [6, 6.07) is 7.92. The summed E-state index contributed by atoms with van der Waals surface area (Å²) in [6.45, 7) is 5.79. The quantitative estimate of drug-likeness (QED) is 0.772. The molecule has 0 radical (unpaired) electrons. The van der Waals surface area contributed by atoms with E-state index in [0.29, 0.717) is 0 Å². The van der Waals surface area contributed by atoms with E-state index in [-0.39, 0.29) is 17.8 Å². The molecule has 2 aromatic heterocycles. The summed E-state index contributed by atoms with van der Waals surface area (Å²) in [5.41, 5.74) is 3.61. The Morgan fingerprint density at radius 1 is 1.25 bits per heavy atom. The zero-order chi connectivity index (χ0) is 17.3. The number of nitrogens with zero attached hydrogens (tertiary/aromatic N) is 2. The highest BCUT2D eigenvalue weighted by molar-refractivity contribution is 7.12. The number of carbonyl (C=O) groups excluding carboxylic acids is 1. The SMILES string of the molecule is Cc1ccsc1C(=O)NC(C)c1cnn(-c2ccc(F)cc2)c1C. The number of benzene rings is 1. The average Bonchev–Trinajstić information content (AvgIpc) is 3.14. The Labute approximate surface area is 143 Å². The maximum absolute atomic E-state index is 13.1. The van der Waals surface area contributed by atoms with E-state index in [1.807, 2.05) is 32.2 Å². The van der Waals surface area contributed by atoms with Crippen molar-refractivity contribution in [1.82, 2.24) is 15.1 Å². The van der Waals surface area contributed by atoms with Crippen LogP contribution in [0.1, 0.15) is 39.5 Å². The minimum absolute atomic E-state index is 0.0797. The van der Waals surface area contributed by atoms with Crippen LogP contribution in [0.2, 0.25) is 0 Å². The number of rotatable bonds is 4. The van der Waals surface area contributed by atoms with Gasteiger partial charge in [0.15, 0.2) is 0 Å². The average molecular weight is 343 g/mol. The summed E-state index contributed by atoms with van der Waals surface area (Å²) in [6.07, 6.45) is 1.74. The molecule has 0 aliphatic heterocycles. The highest BCUT2D eigenvalue weighted by Crippen LogP contribution is 2.22. The van der Waals surface area contributed by atoms with Gasteiger partial charge in [0.2, 0.25) is 0 Å². The zero-order valence-electron chi connectivity index (χ0n) is 13.7. The van der Waals surface area contributed by atoms with Crippen molar-refractivity contribution in [2.45, 2.75) is 26.8 Å². The van der Waals surface area contributed by atoms with Crippen LogP contribution >= 0.6 is 11.3 Å². The Morgan fingerprint density at radius 2 is 1.96 bits per heavy atom. The minimum Gasteiger partial charge on any atom is -0.345 e. The van der Waals surface area contributed by atoms with Gasteiger partial charge in [0.05, 0.1) is 22.8 Å². The molecule has 124 valence electrons. The fourth-order valence-electron chi connectivity index (χ4n) is 2.64. The number of aromatic nitrogens is 2. The first-order chi connectivity index (χ1) is 11.5. The molecule has 3 aromatic rings. The Morgan fingerprint density at radius 3 is 2.58 bits per heavy atom. The molecule has 3 rings (SSSR count). The summed E-state index contributed by atoms with van der Waals surface area (Å²) in [7, 11) is 0. The number of nitrogens with one attached hydrogen (secondary N) is 1. The number of aryl methyl sites for hydroxylation is 1. The molecule has 0 saturated heterocycles. The number of thiophene rings is 1. The van der Waals surface area contributed by atoms with Crippen LogP contribution in [0.25, 0.3) is 5.69 Å². The van der Waals surface area contributed by atoms with Gasteiger partial charge in [0.25, 0.3) is 5.91 Å². The fourth-order valence-corrected chi connectivity index (χ4v) is 3.46. The summed E-state index contributed by atoms with van der Waals surface area (Å²) < 4.78 is 14.8. The van der Waals surface area contributed by atoms with Crippen LogP contribution in [0.4, 0.5) is 4.39 Å². The molecule has 6 heteroatoms. The number of hydrogen-bond acceptors (Lipinski definition) is 3. The first-order valence-electron chi connectivity index (χ1n) is 7.63. The van der Waals surface area contributed by atoms with Gasteiger partial charge in [0, 0.05) is 11.3 Å². The normalized spacial score (nSPS) is 12.2. The van der Waals surface area contributed by atoms with Crippen LogP contribution < -0.4 is 5.32 Å². The molecular weight excluding hydrogens is 325 g/mol. The van der Waals surface area contributed by atoms with Crippen LogP contribution in [0, 0.1) is 19.7 Å². The molecule has 1 aromatic carbocycles. The highest BCUT2D eigenvalue weighted by atomic mass is 32.1. The van der Waals surface area contributed by atoms with Crippen molar-refractivity contribution < 1.29 is 9.18 Å². The largest absolute Gasteiger partial charge is 0.345 e. The fraction of sp³-hybridized carbons (Fsp3) is 0.222. The zero-order valence-corrected chi connectivity index (χ0v) is 14.5. The Bertz CT molecular complexity index is 867. The van der Waals surface area contributed by atoms with E-state index < -0.39 is 0 Å². The van der Waals surface area contributed by atoms with Crippen molar-refractivity contribution in [3.8, 4) is 5.69 Å². The molecule has 0 aliphatic carbocycles. The van der Waals surface area contributed by atoms with Crippen LogP contribution in [0.5, 0.6) is 0 Å². The topological polar surface area (TPSA) is 46.9 Å². The third kappa shape index (κ3) is 3.10. The maximum Gasteiger partial charge on any atom is 0.262 e. The molecule has 0 bridgehead atoms. The van der Waals surface area contributed by atoms with Crippen molar-refractivity contribution in [3.63, 3.8) is 0 Å². The molecule has 2 heterocycles. The molecule has 0 saturated carbocycles. The summed E-state index contributed by atoms with van der Waals surface area (Å²) >= 11 is 1.43. The second-order valence-electron chi connectivity index (χ2n) is 5.70. The van der Waals surface area contributed by atoms with Gasteiger partial charge in [-0.05, 0) is 62.0 Å². The van der Waals surface area contributed by atoms with Gasteiger partial charge >= 0.3 is 0 Å². The molecular formula is C18H18FN3OS. The molecule has 24 heavy (non-hydrogen) atoms. The van der Waals surface area contributed by atoms with Gasteiger partial charge < -0.3 is 5.32 Å². The lowest BCUT2D eigenvalue weighted by atomic mass is 10.1. The van der Waals surface area contributed by atoms with Gasteiger partial charge in [0.1, 0.15) is 5.82 Å². The smallest absolute Gasteiger partial charge is 0.262 e. The van der Waals surface area contributed by atoms with Gasteiger partial charge in [-0.15, -0.1) is 11.3 Å². The van der Waals surface area contributed by atoms with E-state index in [0.717, 1.165) is 27.4 Å². The molecule has 1 N–H and O–H groups in total. The standard InChI is InChI=1S/C18H18FN3OS/c1-11-8-9-24-17(11)18(23)21-12(2)16-10-20-22(13(16)3)15-6-4-14(19)5-7-15/h4-10,12H,1-3H3,(H,21,23). The molecule has 0 fully saturated rings. The van der Waals surface area contributed by atoms with Gasteiger partial charge in [-0.1, -0.05) is 0 Å². The summed E-state index contributed by atoms with van der Waals surface area (Å²) in [5, 5.41) is 9.29. The van der Waals surface area contributed by atoms with Gasteiger partial charge in [-0.2, -0.15) is 5.10 Å². The van der Waals surface area contributed by atoms with E-state index in [1.165, 1.54) is 23.5 Å². The van der Waals surface area contributed by atoms with E-state index in [4.69, 9.17) is 0 Å². The third-order valence-corrected chi connectivity index (χ3v) is 5.02. The summed E-state index contributed by atoms with van der Waals surface area (Å²) in [5.74, 6) is -0.361. The first-order valence-corrected chi connectivity index (χ1v) is 8.50. The number of carbonyl (C=O) groups is 1. The third-order valence-electron chi connectivity index (χ3n) is 4.00. The lowest BCUT2D eigenvalue weighted by molar-refractivity contribution is 0.0943. The highest BCUT2D eigenvalue weighted by Gasteiger charge is 2.18. The van der Waals surface area contributed by atoms with Crippen molar-refractivity contribution in [3.05, 3.63) is 69.4 Å². The Balaban J connectivity index is 1.81. The van der Waals surface area contributed by atoms with Crippen LogP contribution in [0.3, 0.4) is 0 Å². The Hall–Kier alpha value is -2.47. The molecule has 0 spiro atoms. The van der Waals surface area contributed by atoms with Gasteiger partial charge in [-0.25, -0.2) is 9.07 Å². The lowest BCUT2D eigenvalue weighted by Crippen LogP contribution is -2.26. The minimum atomic E-state index is -0.282. The molecule has 4 nitrogen and oxygen atoms in total. The second kappa shape index (κ2) is 6.57. The first kappa shape index (κ1) is 16.4. The van der Waals surface area contributed by atoms with E-state index >= 15 is 0 Å². The Kier molecular flexibility index (Phi) is 4.49. The monoisotopic (exact) mass is 343 g/mol. The van der Waals surface area contributed by atoms with E-state index in [2.05, 4.69) is 10.4 Å². The van der Waals surface area contributed by atoms with Crippen LogP contribution in [-0.2, 0) is 0 Å². The number of hydrogen-bond donors (Lipinski definition) is 1. The lowest BCUT2D eigenvalue weighted by Gasteiger charge is -2.14. The molecule has 1 unspecified atom stereocenters. The number of halogens is 1. The van der Waals surface area contributed by atoms with Gasteiger partial charge in [-0.3, -0.25) is 4.79 Å². The van der Waals surface area contributed by atoms with Crippen molar-refractivity contribution in [2.24, 2.45) is 0 Å². The molecule has 1 atom stereocenters. The second-order valence-corrected chi connectivity index (χ2v) is 6.62. The van der Waals surface area contributed by atoms with Crippen molar-refractivity contribution in [2.75, 3.05) is 0 Å². The van der Waals surface area contributed by atoms with Crippen molar-refractivity contribution in [1.29, 1.82) is 0 Å². The van der Waals surface area contributed by atoms with Crippen LogP contribution in [-0.4, -0.2) is 15.7 Å². The summed E-state index contributed by atoms with van der Waals surface area (Å²) in [4.78, 5) is 13.1.